The van der Waals surface area contributed by atoms with E-state index in [2.05, 4.69) is 15.2 Å². The Balaban J connectivity index is 1.55. The van der Waals surface area contributed by atoms with Crippen LogP contribution in [-0.2, 0) is 10.0 Å². The number of benzene rings is 2. The maximum atomic E-state index is 12.9. The first-order valence-electron chi connectivity index (χ1n) is 9.39. The third kappa shape index (κ3) is 4.14. The number of likely N-dealkylation sites (N-methyl/N-ethyl adjacent to an activating group) is 1. The SMILES string of the molecule is CN1CCN(S(=O)(=O)c2cccc(C(=O)Nc3ccc4ccccc4n3)c2)CC1. The fraction of sp³-hybridized carbons (Fsp3) is 0.238. The van der Waals surface area contributed by atoms with E-state index in [4.69, 9.17) is 0 Å². The zero-order chi connectivity index (χ0) is 20.4. The number of hydrogen-bond donors (Lipinski definition) is 1. The van der Waals surface area contributed by atoms with Crippen molar-refractivity contribution >= 4 is 32.7 Å². The van der Waals surface area contributed by atoms with Gasteiger partial charge in [0.25, 0.3) is 5.91 Å². The van der Waals surface area contributed by atoms with Gasteiger partial charge in [0.2, 0.25) is 10.0 Å². The summed E-state index contributed by atoms with van der Waals surface area (Å²) in [6, 6.07) is 17.4. The fourth-order valence-corrected chi connectivity index (χ4v) is 4.77. The molecule has 0 radical (unpaired) electrons. The minimum atomic E-state index is -3.63. The first kappa shape index (κ1) is 19.5. The Labute approximate surface area is 170 Å². The molecule has 0 aliphatic carbocycles. The van der Waals surface area contributed by atoms with Crippen LogP contribution < -0.4 is 5.32 Å². The average Bonchev–Trinajstić information content (AvgIpc) is 2.74. The van der Waals surface area contributed by atoms with Crippen molar-refractivity contribution in [2.24, 2.45) is 0 Å². The monoisotopic (exact) mass is 410 g/mol. The molecule has 7 nitrogen and oxygen atoms in total. The smallest absolute Gasteiger partial charge is 0.256 e. The van der Waals surface area contributed by atoms with E-state index in [9.17, 15) is 13.2 Å². The molecule has 8 heteroatoms. The quantitative estimate of drug-likeness (QED) is 0.714. The summed E-state index contributed by atoms with van der Waals surface area (Å²) in [4.78, 5) is 19.3. The Morgan fingerprint density at radius 1 is 0.966 bits per heavy atom. The van der Waals surface area contributed by atoms with E-state index in [1.807, 2.05) is 37.4 Å². The van der Waals surface area contributed by atoms with Gasteiger partial charge in [0.15, 0.2) is 0 Å². The van der Waals surface area contributed by atoms with Crippen molar-refractivity contribution in [3.63, 3.8) is 0 Å². The molecule has 1 amide bonds. The van der Waals surface area contributed by atoms with Crippen LogP contribution in [0, 0.1) is 0 Å². The van der Waals surface area contributed by atoms with Crippen molar-refractivity contribution < 1.29 is 13.2 Å². The number of pyridine rings is 1. The highest BCUT2D eigenvalue weighted by atomic mass is 32.2. The predicted octanol–water partition coefficient (Wildman–Crippen LogP) is 2.42. The van der Waals surface area contributed by atoms with Crippen LogP contribution in [0.1, 0.15) is 10.4 Å². The van der Waals surface area contributed by atoms with Crippen molar-refractivity contribution in [1.29, 1.82) is 0 Å². The highest BCUT2D eigenvalue weighted by Crippen LogP contribution is 2.20. The molecular weight excluding hydrogens is 388 g/mol. The summed E-state index contributed by atoms with van der Waals surface area (Å²) < 4.78 is 27.3. The van der Waals surface area contributed by atoms with Crippen LogP contribution >= 0.6 is 0 Å². The molecule has 1 aromatic heterocycles. The molecular formula is C21H22N4O3S. The van der Waals surface area contributed by atoms with E-state index in [0.717, 1.165) is 10.9 Å². The second-order valence-corrected chi connectivity index (χ2v) is 9.02. The Morgan fingerprint density at radius 2 is 1.72 bits per heavy atom. The molecule has 2 heterocycles. The number of sulfonamides is 1. The Kier molecular flexibility index (Phi) is 5.31. The van der Waals surface area contributed by atoms with Gasteiger partial charge in [-0.1, -0.05) is 24.3 Å². The van der Waals surface area contributed by atoms with Crippen molar-refractivity contribution in [1.82, 2.24) is 14.2 Å². The predicted molar refractivity (Wildman–Crippen MR) is 112 cm³/mol. The lowest BCUT2D eigenvalue weighted by Crippen LogP contribution is -2.47. The van der Waals surface area contributed by atoms with Crippen LogP contribution in [0.25, 0.3) is 10.9 Å². The molecule has 0 atom stereocenters. The zero-order valence-corrected chi connectivity index (χ0v) is 16.9. The van der Waals surface area contributed by atoms with Gasteiger partial charge in [-0.3, -0.25) is 4.79 Å². The molecule has 0 bridgehead atoms. The van der Waals surface area contributed by atoms with Gasteiger partial charge >= 0.3 is 0 Å². The zero-order valence-electron chi connectivity index (χ0n) is 16.1. The Hall–Kier alpha value is -2.81. The van der Waals surface area contributed by atoms with E-state index >= 15 is 0 Å². The molecule has 4 rings (SSSR count). The van der Waals surface area contributed by atoms with Gasteiger partial charge in [-0.15, -0.1) is 0 Å². The van der Waals surface area contributed by atoms with Gasteiger partial charge in [-0.2, -0.15) is 4.31 Å². The minimum absolute atomic E-state index is 0.126. The van der Waals surface area contributed by atoms with Crippen molar-refractivity contribution in [3.8, 4) is 0 Å². The van der Waals surface area contributed by atoms with E-state index in [-0.39, 0.29) is 10.5 Å². The Bertz CT molecular complexity index is 1160. The van der Waals surface area contributed by atoms with E-state index in [1.165, 1.54) is 16.4 Å². The number of anilines is 1. The summed E-state index contributed by atoms with van der Waals surface area (Å²) in [6.07, 6.45) is 0. The van der Waals surface area contributed by atoms with Gasteiger partial charge in [0, 0.05) is 37.1 Å². The van der Waals surface area contributed by atoms with Gasteiger partial charge in [0.1, 0.15) is 5.82 Å². The third-order valence-electron chi connectivity index (χ3n) is 5.04. The second kappa shape index (κ2) is 7.90. The number of amides is 1. The molecule has 0 spiro atoms. The first-order chi connectivity index (χ1) is 13.9. The number of nitrogens with one attached hydrogen (secondary N) is 1. The molecule has 29 heavy (non-hydrogen) atoms. The summed E-state index contributed by atoms with van der Waals surface area (Å²) >= 11 is 0. The van der Waals surface area contributed by atoms with Crippen LogP contribution in [0.4, 0.5) is 5.82 Å². The standard InChI is InChI=1S/C21H22N4O3S/c1-24-11-13-25(14-12-24)29(27,28)18-7-4-6-17(15-18)21(26)23-20-10-9-16-5-2-3-8-19(16)22-20/h2-10,15H,11-14H2,1H3,(H,22,23,26). The topological polar surface area (TPSA) is 82.6 Å². The molecule has 1 aliphatic rings. The number of hydrogen-bond acceptors (Lipinski definition) is 5. The summed E-state index contributed by atoms with van der Waals surface area (Å²) in [5.74, 6) is 0.0178. The number of carbonyl (C=O) groups excluding carboxylic acids is 1. The number of para-hydroxylation sites is 1. The maximum Gasteiger partial charge on any atom is 0.256 e. The van der Waals surface area contributed by atoms with E-state index < -0.39 is 15.9 Å². The lowest BCUT2D eigenvalue weighted by molar-refractivity contribution is 0.102. The molecule has 1 saturated heterocycles. The molecule has 1 N–H and O–H groups in total. The summed E-state index contributed by atoms with van der Waals surface area (Å²) in [6.45, 7) is 2.26. The van der Waals surface area contributed by atoms with Crippen molar-refractivity contribution in [3.05, 3.63) is 66.2 Å². The molecule has 1 aliphatic heterocycles. The van der Waals surface area contributed by atoms with Crippen LogP contribution in [0.3, 0.4) is 0 Å². The van der Waals surface area contributed by atoms with Gasteiger partial charge in [-0.25, -0.2) is 13.4 Å². The molecule has 0 unspecified atom stereocenters. The fourth-order valence-electron chi connectivity index (χ4n) is 3.30. The van der Waals surface area contributed by atoms with Crippen LogP contribution in [-0.4, -0.2) is 61.7 Å². The first-order valence-corrected chi connectivity index (χ1v) is 10.8. The van der Waals surface area contributed by atoms with E-state index in [1.54, 1.807) is 18.2 Å². The number of fused-ring (bicyclic) bond motifs is 1. The highest BCUT2D eigenvalue weighted by Gasteiger charge is 2.28. The highest BCUT2D eigenvalue weighted by molar-refractivity contribution is 7.89. The lowest BCUT2D eigenvalue weighted by atomic mass is 10.2. The van der Waals surface area contributed by atoms with Crippen LogP contribution in [0.5, 0.6) is 0 Å². The summed E-state index contributed by atoms with van der Waals surface area (Å²) in [5.41, 5.74) is 1.05. The van der Waals surface area contributed by atoms with Gasteiger partial charge in [0.05, 0.1) is 10.4 Å². The largest absolute Gasteiger partial charge is 0.307 e. The number of nitrogens with zero attached hydrogens (tertiary/aromatic N) is 3. The Morgan fingerprint density at radius 3 is 2.52 bits per heavy atom. The summed E-state index contributed by atoms with van der Waals surface area (Å²) in [5, 5.41) is 3.73. The lowest BCUT2D eigenvalue weighted by Gasteiger charge is -2.31. The number of aromatic nitrogens is 1. The number of carbonyl (C=O) groups is 1. The minimum Gasteiger partial charge on any atom is -0.307 e. The van der Waals surface area contributed by atoms with Crippen molar-refractivity contribution in [2.45, 2.75) is 4.90 Å². The average molecular weight is 410 g/mol. The number of piperazine rings is 1. The van der Waals surface area contributed by atoms with E-state index in [0.29, 0.717) is 32.0 Å². The maximum absolute atomic E-state index is 12.9. The molecule has 3 aromatic rings. The molecule has 150 valence electrons. The van der Waals surface area contributed by atoms with Gasteiger partial charge < -0.3 is 10.2 Å². The summed E-state index contributed by atoms with van der Waals surface area (Å²) in [7, 11) is -1.66. The molecule has 0 saturated carbocycles. The van der Waals surface area contributed by atoms with Crippen LogP contribution in [0.2, 0.25) is 0 Å². The second-order valence-electron chi connectivity index (χ2n) is 7.08. The number of rotatable bonds is 4. The molecule has 1 fully saturated rings. The van der Waals surface area contributed by atoms with Crippen molar-refractivity contribution in [2.75, 3.05) is 38.5 Å². The molecule has 2 aromatic carbocycles. The normalized spacial score (nSPS) is 16.0. The third-order valence-corrected chi connectivity index (χ3v) is 6.93. The van der Waals surface area contributed by atoms with Gasteiger partial charge in [-0.05, 0) is 43.4 Å². The van der Waals surface area contributed by atoms with Crippen LogP contribution in [0.15, 0.2) is 65.6 Å².